The number of nitrogens with zero attached hydrogens (tertiary/aromatic N) is 2. The molecule has 0 aliphatic rings. The summed E-state index contributed by atoms with van der Waals surface area (Å²) in [6, 6.07) is 13.5. The Bertz CT molecular complexity index is 1010. The monoisotopic (exact) mass is 356 g/mol. The Hall–Kier alpha value is -2.97. The van der Waals surface area contributed by atoms with Gasteiger partial charge in [0.25, 0.3) is 0 Å². The molecule has 0 atom stereocenters. The Kier molecular flexibility index (Phi) is 4.39. The lowest BCUT2D eigenvalue weighted by Gasteiger charge is -2.09. The second-order valence-corrected chi connectivity index (χ2v) is 6.98. The molecule has 0 radical (unpaired) electrons. The summed E-state index contributed by atoms with van der Waals surface area (Å²) < 4.78 is 24.5. The summed E-state index contributed by atoms with van der Waals surface area (Å²) in [7, 11) is -3.72. The van der Waals surface area contributed by atoms with E-state index in [1.807, 2.05) is 16.7 Å². The van der Waals surface area contributed by atoms with Crippen molar-refractivity contribution in [2.75, 3.05) is 5.32 Å². The van der Waals surface area contributed by atoms with Gasteiger partial charge in [0.2, 0.25) is 15.9 Å². The number of rotatable bonds is 4. The number of nitrogens with one attached hydrogen (secondary N) is 1. The number of benzene rings is 2. The van der Waals surface area contributed by atoms with Crippen LogP contribution in [0, 0.1) is 0 Å². The molecular formula is C17H16N4O3S. The van der Waals surface area contributed by atoms with Gasteiger partial charge in [0.1, 0.15) is 5.82 Å². The van der Waals surface area contributed by atoms with Gasteiger partial charge in [-0.2, -0.15) is 0 Å². The van der Waals surface area contributed by atoms with Crippen LogP contribution in [0.15, 0.2) is 65.8 Å². The number of imidazole rings is 1. The van der Waals surface area contributed by atoms with Gasteiger partial charge in [-0.3, -0.25) is 9.36 Å². The van der Waals surface area contributed by atoms with Crippen molar-refractivity contribution in [3.63, 3.8) is 0 Å². The summed E-state index contributed by atoms with van der Waals surface area (Å²) in [4.78, 5) is 15.5. The Morgan fingerprint density at radius 3 is 2.28 bits per heavy atom. The molecule has 0 unspecified atom stereocenters. The van der Waals surface area contributed by atoms with Gasteiger partial charge in [-0.25, -0.2) is 18.5 Å². The topological polar surface area (TPSA) is 107 Å². The Balaban J connectivity index is 1.94. The molecule has 3 aromatic rings. The van der Waals surface area contributed by atoms with Crippen LogP contribution in [0.5, 0.6) is 0 Å². The predicted molar refractivity (Wildman–Crippen MR) is 94.7 cm³/mol. The second kappa shape index (κ2) is 6.50. The fraction of sp³-hybridized carbons (Fsp3) is 0.0588. The molecule has 0 aliphatic heterocycles. The number of hydrogen-bond acceptors (Lipinski definition) is 4. The quantitative estimate of drug-likeness (QED) is 0.747. The van der Waals surface area contributed by atoms with Crippen LogP contribution in [-0.4, -0.2) is 23.9 Å². The molecule has 0 aliphatic carbocycles. The Labute approximate surface area is 145 Å². The predicted octanol–water partition coefficient (Wildman–Crippen LogP) is 2.15. The van der Waals surface area contributed by atoms with E-state index in [0.29, 0.717) is 11.5 Å². The molecule has 2 aromatic carbocycles. The molecule has 0 fully saturated rings. The van der Waals surface area contributed by atoms with E-state index in [4.69, 9.17) is 5.14 Å². The lowest BCUT2D eigenvalue weighted by atomic mass is 10.2. The van der Waals surface area contributed by atoms with Crippen LogP contribution < -0.4 is 10.5 Å². The van der Waals surface area contributed by atoms with E-state index in [1.54, 1.807) is 36.7 Å². The highest BCUT2D eigenvalue weighted by Gasteiger charge is 2.11. The SMILES string of the molecule is CC(=O)Nc1ccc(-c2nccn2-c2ccc(S(N)(=O)=O)cc2)cc1. The zero-order valence-electron chi connectivity index (χ0n) is 13.4. The van der Waals surface area contributed by atoms with Crippen LogP contribution in [0.4, 0.5) is 5.69 Å². The summed E-state index contributed by atoms with van der Waals surface area (Å²) in [5.74, 6) is 0.557. The number of aromatic nitrogens is 2. The summed E-state index contributed by atoms with van der Waals surface area (Å²) in [6.07, 6.45) is 3.44. The average Bonchev–Trinajstić information content (AvgIpc) is 3.04. The normalized spacial score (nSPS) is 11.3. The molecule has 8 heteroatoms. The summed E-state index contributed by atoms with van der Waals surface area (Å²) in [6.45, 7) is 1.45. The molecule has 0 saturated heterocycles. The van der Waals surface area contributed by atoms with Crippen molar-refractivity contribution < 1.29 is 13.2 Å². The zero-order chi connectivity index (χ0) is 18.0. The lowest BCUT2D eigenvalue weighted by Crippen LogP contribution is -2.12. The Morgan fingerprint density at radius 2 is 1.72 bits per heavy atom. The van der Waals surface area contributed by atoms with Crippen molar-refractivity contribution in [1.82, 2.24) is 9.55 Å². The number of carbonyl (C=O) groups excluding carboxylic acids is 1. The number of sulfonamides is 1. The van der Waals surface area contributed by atoms with Crippen LogP contribution in [0.3, 0.4) is 0 Å². The standard InChI is InChI=1S/C17H16N4O3S/c1-12(22)20-14-4-2-13(3-5-14)17-19-10-11-21(17)15-6-8-16(9-7-15)25(18,23)24/h2-11H,1H3,(H,20,22)(H2,18,23,24). The van der Waals surface area contributed by atoms with Crippen molar-refractivity contribution in [3.8, 4) is 17.1 Å². The number of hydrogen-bond donors (Lipinski definition) is 2. The summed E-state index contributed by atoms with van der Waals surface area (Å²) in [5, 5.41) is 7.83. The Morgan fingerprint density at radius 1 is 1.08 bits per heavy atom. The molecule has 1 heterocycles. The second-order valence-electron chi connectivity index (χ2n) is 5.42. The fourth-order valence-electron chi connectivity index (χ4n) is 2.43. The van der Waals surface area contributed by atoms with Gasteiger partial charge in [-0.05, 0) is 48.5 Å². The molecule has 0 saturated carbocycles. The fourth-order valence-corrected chi connectivity index (χ4v) is 2.94. The first-order valence-corrected chi connectivity index (χ1v) is 8.94. The lowest BCUT2D eigenvalue weighted by molar-refractivity contribution is -0.114. The summed E-state index contributed by atoms with van der Waals surface area (Å²) >= 11 is 0. The largest absolute Gasteiger partial charge is 0.326 e. The van der Waals surface area contributed by atoms with Gasteiger partial charge in [0, 0.05) is 36.3 Å². The number of primary sulfonamides is 1. The van der Waals surface area contributed by atoms with Crippen molar-refractivity contribution in [3.05, 3.63) is 60.9 Å². The maximum Gasteiger partial charge on any atom is 0.238 e. The molecule has 3 rings (SSSR count). The zero-order valence-corrected chi connectivity index (χ0v) is 14.2. The molecule has 1 aromatic heterocycles. The first-order chi connectivity index (χ1) is 11.8. The molecule has 7 nitrogen and oxygen atoms in total. The average molecular weight is 356 g/mol. The third-order valence-electron chi connectivity index (χ3n) is 3.55. The first-order valence-electron chi connectivity index (χ1n) is 7.39. The number of amides is 1. The first kappa shape index (κ1) is 16.9. The molecular weight excluding hydrogens is 340 g/mol. The van der Waals surface area contributed by atoms with Gasteiger partial charge in [0.15, 0.2) is 0 Å². The minimum atomic E-state index is -3.72. The van der Waals surface area contributed by atoms with Crippen molar-refractivity contribution in [2.45, 2.75) is 11.8 Å². The molecule has 25 heavy (non-hydrogen) atoms. The van der Waals surface area contributed by atoms with Crippen LogP contribution in [-0.2, 0) is 14.8 Å². The van der Waals surface area contributed by atoms with Gasteiger partial charge < -0.3 is 5.32 Å². The maximum absolute atomic E-state index is 11.4. The van der Waals surface area contributed by atoms with Crippen molar-refractivity contribution in [2.24, 2.45) is 5.14 Å². The van der Waals surface area contributed by atoms with E-state index in [1.165, 1.54) is 19.1 Å². The van der Waals surface area contributed by atoms with E-state index >= 15 is 0 Å². The highest BCUT2D eigenvalue weighted by molar-refractivity contribution is 7.89. The van der Waals surface area contributed by atoms with Gasteiger partial charge in [0.05, 0.1) is 4.90 Å². The van der Waals surface area contributed by atoms with Gasteiger partial charge in [-0.15, -0.1) is 0 Å². The molecule has 0 bridgehead atoms. The highest BCUT2D eigenvalue weighted by atomic mass is 32.2. The third kappa shape index (κ3) is 3.76. The minimum Gasteiger partial charge on any atom is -0.326 e. The minimum absolute atomic E-state index is 0.0533. The number of nitrogens with two attached hydrogens (primary N) is 1. The highest BCUT2D eigenvalue weighted by Crippen LogP contribution is 2.23. The number of carbonyl (C=O) groups is 1. The van der Waals surface area contributed by atoms with Gasteiger partial charge in [-0.1, -0.05) is 0 Å². The van der Waals surface area contributed by atoms with Crippen LogP contribution in [0.2, 0.25) is 0 Å². The third-order valence-corrected chi connectivity index (χ3v) is 4.48. The molecule has 3 N–H and O–H groups in total. The van der Waals surface area contributed by atoms with Crippen LogP contribution in [0.1, 0.15) is 6.92 Å². The smallest absolute Gasteiger partial charge is 0.238 e. The maximum atomic E-state index is 11.4. The van der Waals surface area contributed by atoms with E-state index in [0.717, 1.165) is 11.3 Å². The van der Waals surface area contributed by atoms with Crippen LogP contribution in [0.25, 0.3) is 17.1 Å². The summed E-state index contributed by atoms with van der Waals surface area (Å²) in [5.41, 5.74) is 2.31. The van der Waals surface area contributed by atoms with E-state index in [9.17, 15) is 13.2 Å². The number of anilines is 1. The van der Waals surface area contributed by atoms with E-state index in [-0.39, 0.29) is 10.8 Å². The van der Waals surface area contributed by atoms with E-state index in [2.05, 4.69) is 10.3 Å². The van der Waals surface area contributed by atoms with Crippen molar-refractivity contribution in [1.29, 1.82) is 0 Å². The molecule has 0 spiro atoms. The van der Waals surface area contributed by atoms with E-state index < -0.39 is 10.0 Å². The van der Waals surface area contributed by atoms with Crippen LogP contribution >= 0.6 is 0 Å². The van der Waals surface area contributed by atoms with Crippen molar-refractivity contribution >= 4 is 21.6 Å². The molecule has 1 amide bonds. The molecule has 128 valence electrons. The van der Waals surface area contributed by atoms with Gasteiger partial charge >= 0.3 is 0 Å².